The molecule has 0 aliphatic rings. The van der Waals surface area contributed by atoms with Crippen molar-refractivity contribution < 1.29 is 22.9 Å². The summed E-state index contributed by atoms with van der Waals surface area (Å²) in [6.07, 6.45) is -3.79. The fraction of sp³-hybridized carbons (Fsp3) is 0.444. The molecule has 0 aromatic heterocycles. The zero-order chi connectivity index (χ0) is 12.2. The van der Waals surface area contributed by atoms with Crippen LogP contribution in [0.5, 0.6) is 0 Å². The van der Waals surface area contributed by atoms with E-state index in [-0.39, 0.29) is 17.2 Å². The predicted octanol–water partition coefficient (Wildman–Crippen LogP) is 2.28. The lowest BCUT2D eigenvalue weighted by atomic mass is 10.2. The van der Waals surface area contributed by atoms with Gasteiger partial charge in [0.15, 0.2) is 0 Å². The first kappa shape index (κ1) is 14.2. The second kappa shape index (κ2) is 5.32. The summed E-state index contributed by atoms with van der Waals surface area (Å²) >= 11 is 5.57. The van der Waals surface area contributed by atoms with Crippen molar-refractivity contribution in [3.8, 4) is 0 Å². The summed E-state index contributed by atoms with van der Waals surface area (Å²) in [5.41, 5.74) is -0.708. The molecule has 86 valence electrons. The van der Waals surface area contributed by atoms with Gasteiger partial charge in [-0.15, -0.1) is 0 Å². The summed E-state index contributed by atoms with van der Waals surface area (Å²) in [5, 5.41) is 8.54. The Kier molecular flexibility index (Phi) is 5.03. The molecule has 0 bridgehead atoms. The number of aliphatic hydroxyl groups excluding tert-OH is 1. The van der Waals surface area contributed by atoms with Gasteiger partial charge in [-0.25, -0.2) is 4.58 Å². The van der Waals surface area contributed by atoms with E-state index in [9.17, 15) is 13.2 Å². The van der Waals surface area contributed by atoms with E-state index in [0.717, 1.165) is 13.1 Å². The molecular formula is C9H12ClF3NO+. The Morgan fingerprint density at radius 1 is 1.53 bits per heavy atom. The third-order valence-electron chi connectivity index (χ3n) is 1.61. The van der Waals surface area contributed by atoms with Crippen molar-refractivity contribution in [2.45, 2.75) is 13.1 Å². The Balaban J connectivity index is 5.30. The van der Waals surface area contributed by atoms with E-state index < -0.39 is 11.9 Å². The third kappa shape index (κ3) is 4.48. The van der Waals surface area contributed by atoms with E-state index in [2.05, 4.69) is 6.72 Å². The summed E-state index contributed by atoms with van der Waals surface area (Å²) in [5.74, 6) is 0. The van der Waals surface area contributed by atoms with Gasteiger partial charge < -0.3 is 5.11 Å². The van der Waals surface area contributed by atoms with E-state index in [4.69, 9.17) is 16.7 Å². The Morgan fingerprint density at radius 3 is 2.27 bits per heavy atom. The highest BCUT2D eigenvalue weighted by Gasteiger charge is 2.41. The minimum atomic E-state index is -4.52. The van der Waals surface area contributed by atoms with Gasteiger partial charge in [0, 0.05) is 11.1 Å². The molecule has 0 amide bonds. The normalized spacial score (nSPS) is 15.0. The van der Waals surface area contributed by atoms with E-state index in [1.54, 1.807) is 0 Å². The standard InChI is InChI=1S/C9H12ClF3NO/c1-6(5-15)7(10)4-8(14(2)3)9(11,12)13/h4,15H,2,5H2,1,3H3/q+1. The molecule has 0 heterocycles. The lowest BCUT2D eigenvalue weighted by Crippen LogP contribution is -2.20. The van der Waals surface area contributed by atoms with Crippen molar-refractivity contribution >= 4 is 18.3 Å². The molecule has 6 heteroatoms. The highest BCUT2D eigenvalue weighted by molar-refractivity contribution is 6.31. The van der Waals surface area contributed by atoms with Crippen molar-refractivity contribution in [2.75, 3.05) is 13.7 Å². The van der Waals surface area contributed by atoms with E-state index in [1.165, 1.54) is 6.92 Å². The monoisotopic (exact) mass is 242 g/mol. The summed E-state index contributed by atoms with van der Waals surface area (Å²) in [7, 11) is 1.16. The van der Waals surface area contributed by atoms with E-state index in [1.807, 2.05) is 0 Å². The van der Waals surface area contributed by atoms with Crippen LogP contribution in [0.2, 0.25) is 0 Å². The fourth-order valence-corrected chi connectivity index (χ4v) is 0.890. The van der Waals surface area contributed by atoms with Crippen LogP contribution in [0.15, 0.2) is 22.4 Å². The molecule has 0 unspecified atom stereocenters. The van der Waals surface area contributed by atoms with Gasteiger partial charge in [0.25, 0.3) is 5.70 Å². The first-order valence-electron chi connectivity index (χ1n) is 3.99. The Labute approximate surface area is 91.0 Å². The summed E-state index contributed by atoms with van der Waals surface area (Å²) in [6, 6.07) is 0. The van der Waals surface area contributed by atoms with Crippen LogP contribution in [-0.2, 0) is 0 Å². The molecule has 0 saturated heterocycles. The number of halogens is 4. The molecule has 0 atom stereocenters. The van der Waals surface area contributed by atoms with Crippen molar-refractivity contribution in [2.24, 2.45) is 0 Å². The fourth-order valence-electron chi connectivity index (χ4n) is 0.727. The molecule has 0 aromatic carbocycles. The molecule has 0 fully saturated rings. The van der Waals surface area contributed by atoms with Gasteiger partial charge in [0.05, 0.1) is 6.61 Å². The molecule has 0 aliphatic carbocycles. The van der Waals surface area contributed by atoms with Crippen LogP contribution in [0, 0.1) is 0 Å². The molecule has 0 radical (unpaired) electrons. The number of hydrogen-bond acceptors (Lipinski definition) is 1. The van der Waals surface area contributed by atoms with Gasteiger partial charge in [-0.05, 0) is 12.5 Å². The van der Waals surface area contributed by atoms with Gasteiger partial charge in [-0.1, -0.05) is 11.6 Å². The van der Waals surface area contributed by atoms with Gasteiger partial charge in [0.2, 0.25) is 0 Å². The molecule has 0 aliphatic heterocycles. The smallest absolute Gasteiger partial charge is 0.392 e. The predicted molar refractivity (Wildman–Crippen MR) is 53.1 cm³/mol. The second-order valence-electron chi connectivity index (χ2n) is 3.01. The molecular weight excluding hydrogens is 231 g/mol. The topological polar surface area (TPSA) is 23.2 Å². The van der Waals surface area contributed by atoms with Crippen LogP contribution < -0.4 is 0 Å². The van der Waals surface area contributed by atoms with Crippen molar-refractivity contribution in [1.29, 1.82) is 0 Å². The maximum absolute atomic E-state index is 12.4. The zero-order valence-electron chi connectivity index (χ0n) is 8.40. The SMILES string of the molecule is C=[N+](C)C(=CC(Cl)=C(C)CO)C(F)(F)F. The number of nitrogens with zero attached hydrogens (tertiary/aromatic N) is 1. The minimum absolute atomic E-state index is 0.139. The number of alkyl halides is 3. The van der Waals surface area contributed by atoms with E-state index >= 15 is 0 Å². The highest BCUT2D eigenvalue weighted by Crippen LogP contribution is 2.27. The Bertz CT molecular complexity index is 318. The largest absolute Gasteiger partial charge is 0.477 e. The average molecular weight is 243 g/mol. The van der Waals surface area contributed by atoms with Crippen LogP contribution in [0.25, 0.3) is 0 Å². The summed E-state index contributed by atoms with van der Waals surface area (Å²) < 4.78 is 37.9. The van der Waals surface area contributed by atoms with Gasteiger partial charge in [-0.3, -0.25) is 0 Å². The van der Waals surface area contributed by atoms with Crippen molar-refractivity contribution in [3.63, 3.8) is 0 Å². The first-order valence-corrected chi connectivity index (χ1v) is 4.37. The maximum atomic E-state index is 12.4. The number of hydrogen-bond donors (Lipinski definition) is 1. The Morgan fingerprint density at radius 2 is 2.00 bits per heavy atom. The zero-order valence-corrected chi connectivity index (χ0v) is 9.15. The van der Waals surface area contributed by atoms with Crippen LogP contribution in [0.4, 0.5) is 13.2 Å². The third-order valence-corrected chi connectivity index (χ3v) is 2.04. The molecule has 0 aromatic rings. The molecule has 15 heavy (non-hydrogen) atoms. The summed E-state index contributed by atoms with van der Waals surface area (Å²) in [4.78, 5) is 0. The lowest BCUT2D eigenvalue weighted by Gasteiger charge is -2.06. The van der Waals surface area contributed by atoms with Crippen LogP contribution >= 0.6 is 11.6 Å². The average Bonchev–Trinajstić information content (AvgIpc) is 2.09. The molecule has 0 spiro atoms. The molecule has 1 N–H and O–H groups in total. The quantitative estimate of drug-likeness (QED) is 0.458. The number of aliphatic hydroxyl groups is 1. The highest BCUT2D eigenvalue weighted by atomic mass is 35.5. The van der Waals surface area contributed by atoms with Gasteiger partial charge in [0.1, 0.15) is 13.8 Å². The maximum Gasteiger partial charge on any atom is 0.477 e. The van der Waals surface area contributed by atoms with Crippen LogP contribution in [0.3, 0.4) is 0 Å². The number of rotatable bonds is 3. The second-order valence-corrected chi connectivity index (χ2v) is 3.42. The molecule has 0 saturated carbocycles. The lowest BCUT2D eigenvalue weighted by molar-refractivity contribution is -0.467. The van der Waals surface area contributed by atoms with E-state index in [0.29, 0.717) is 4.58 Å². The van der Waals surface area contributed by atoms with Gasteiger partial charge in [-0.2, -0.15) is 13.2 Å². The first-order chi connectivity index (χ1) is 6.70. The van der Waals surface area contributed by atoms with Crippen LogP contribution in [0.1, 0.15) is 6.92 Å². The minimum Gasteiger partial charge on any atom is -0.392 e. The van der Waals surface area contributed by atoms with Crippen molar-refractivity contribution in [3.05, 3.63) is 22.4 Å². The molecule has 0 rings (SSSR count). The summed E-state index contributed by atoms with van der Waals surface area (Å²) in [6.45, 7) is 4.20. The number of allylic oxidation sites excluding steroid dienone is 3. The van der Waals surface area contributed by atoms with Gasteiger partial charge >= 0.3 is 6.18 Å². The Hall–Kier alpha value is -0.810. The van der Waals surface area contributed by atoms with Crippen molar-refractivity contribution in [1.82, 2.24) is 0 Å². The van der Waals surface area contributed by atoms with Crippen LogP contribution in [-0.4, -0.2) is 36.2 Å². The molecule has 2 nitrogen and oxygen atoms in total.